The van der Waals surface area contributed by atoms with Gasteiger partial charge in [-0.1, -0.05) is 18.2 Å². The second-order valence-corrected chi connectivity index (χ2v) is 13.1. The maximum absolute atomic E-state index is 14.0. The van der Waals surface area contributed by atoms with Crippen molar-refractivity contribution in [1.82, 2.24) is 24.7 Å². The lowest BCUT2D eigenvalue weighted by atomic mass is 10.0. The zero-order valence-corrected chi connectivity index (χ0v) is 30.7. The fraction of sp³-hybridized carbons (Fsp3) is 0.385. The minimum Gasteiger partial charge on any atom is -0.497 e. The van der Waals surface area contributed by atoms with Crippen LogP contribution in [-0.2, 0) is 0 Å². The molecule has 2 aliphatic heterocycles. The summed E-state index contributed by atoms with van der Waals surface area (Å²) in [4.78, 5) is 44.9. The van der Waals surface area contributed by atoms with Crippen molar-refractivity contribution < 1.29 is 28.5 Å². The van der Waals surface area contributed by atoms with Crippen LogP contribution in [0.15, 0.2) is 66.9 Å². The van der Waals surface area contributed by atoms with E-state index in [0.29, 0.717) is 46.0 Å². The summed E-state index contributed by atoms with van der Waals surface area (Å²) in [6, 6.07) is 18.2. The Bertz CT molecular complexity index is 1870. The van der Waals surface area contributed by atoms with Gasteiger partial charge in [0.15, 0.2) is 0 Å². The summed E-state index contributed by atoms with van der Waals surface area (Å²) in [5, 5.41) is 3.20. The van der Waals surface area contributed by atoms with Gasteiger partial charge in [0.05, 0.1) is 32.7 Å². The third-order valence-corrected chi connectivity index (χ3v) is 9.78. The number of piperidine rings is 1. The number of carbonyl (C=O) groups excluding carboxylic acids is 2. The molecule has 0 aliphatic carbocycles. The zero-order chi connectivity index (χ0) is 36.8. The molecule has 0 unspecified atom stereocenters. The van der Waals surface area contributed by atoms with Gasteiger partial charge in [-0.3, -0.25) is 9.69 Å². The molecule has 2 fully saturated rings. The van der Waals surface area contributed by atoms with Crippen LogP contribution in [0.25, 0.3) is 0 Å². The van der Waals surface area contributed by atoms with Crippen molar-refractivity contribution in [2.45, 2.75) is 32.7 Å². The van der Waals surface area contributed by atoms with Crippen LogP contribution in [0.1, 0.15) is 34.3 Å². The Labute approximate surface area is 305 Å². The first-order valence-electron chi connectivity index (χ1n) is 17.5. The molecule has 3 aromatic carbocycles. The number of piperazine rings is 1. The highest BCUT2D eigenvalue weighted by molar-refractivity contribution is 5.98. The number of para-hydroxylation sites is 1. The number of likely N-dealkylation sites (tertiary alicyclic amines) is 1. The van der Waals surface area contributed by atoms with Gasteiger partial charge in [-0.15, -0.1) is 0 Å². The second-order valence-electron chi connectivity index (χ2n) is 13.1. The molecule has 2 saturated heterocycles. The number of anilines is 4. The van der Waals surface area contributed by atoms with E-state index in [1.165, 1.54) is 18.2 Å². The van der Waals surface area contributed by atoms with Gasteiger partial charge >= 0.3 is 6.09 Å². The first-order chi connectivity index (χ1) is 25.2. The quantitative estimate of drug-likeness (QED) is 0.207. The lowest BCUT2D eigenvalue weighted by Gasteiger charge is -2.42. The number of ether oxygens (including phenoxy) is 4. The van der Waals surface area contributed by atoms with E-state index in [9.17, 15) is 9.59 Å². The maximum atomic E-state index is 14.0. The summed E-state index contributed by atoms with van der Waals surface area (Å²) < 4.78 is 22.8. The Morgan fingerprint density at radius 3 is 2.21 bits per heavy atom. The number of amides is 2. The van der Waals surface area contributed by atoms with Gasteiger partial charge in [-0.2, -0.15) is 4.98 Å². The van der Waals surface area contributed by atoms with Crippen molar-refractivity contribution in [2.75, 3.05) is 77.9 Å². The van der Waals surface area contributed by atoms with Gasteiger partial charge in [0, 0.05) is 69.2 Å². The van der Waals surface area contributed by atoms with E-state index in [4.69, 9.17) is 23.9 Å². The first kappa shape index (κ1) is 36.4. The number of rotatable bonds is 10. The molecule has 0 saturated carbocycles. The van der Waals surface area contributed by atoms with Crippen LogP contribution in [0.4, 0.5) is 27.9 Å². The van der Waals surface area contributed by atoms with E-state index in [2.05, 4.69) is 27.1 Å². The molecule has 13 nitrogen and oxygen atoms in total. The number of likely N-dealkylation sites (N-methyl/N-ethyl adjacent to an activating group) is 1. The van der Waals surface area contributed by atoms with E-state index >= 15 is 0 Å². The average Bonchev–Trinajstić information content (AvgIpc) is 3.17. The summed E-state index contributed by atoms with van der Waals surface area (Å²) in [5.74, 6) is 2.23. The summed E-state index contributed by atoms with van der Waals surface area (Å²) in [6.45, 7) is 9.54. The lowest BCUT2D eigenvalue weighted by Crippen LogP contribution is -2.52. The highest BCUT2D eigenvalue weighted by Gasteiger charge is 2.30. The number of hydrogen-bond donors (Lipinski definition) is 1. The van der Waals surface area contributed by atoms with Crippen molar-refractivity contribution in [2.24, 2.45) is 0 Å². The summed E-state index contributed by atoms with van der Waals surface area (Å²) in [7, 11) is 6.78. The van der Waals surface area contributed by atoms with Crippen LogP contribution in [-0.4, -0.2) is 110 Å². The van der Waals surface area contributed by atoms with Gasteiger partial charge in [-0.25, -0.2) is 14.7 Å². The molecular weight excluding hydrogens is 662 g/mol. The molecule has 0 atom stereocenters. The van der Waals surface area contributed by atoms with Crippen molar-refractivity contribution in [3.8, 4) is 23.0 Å². The molecule has 2 amide bonds. The minimum absolute atomic E-state index is 0.0218. The van der Waals surface area contributed by atoms with Gasteiger partial charge < -0.3 is 34.1 Å². The standard InChI is InChI=1S/C39H47N7O6/c1-26-8-7-9-27(2)36(26)52-39(48)46(32-13-11-30(49-4)25-34(32)51-6)35-14-17-40-38(42-35)41-31-12-10-28(24-33(31)50-5)37(47)45-18-15-29(16-19-45)44-22-20-43(3)21-23-44/h7-14,17,24-25,29H,15-16,18-23H2,1-6H3,(H,40,41,42). The minimum atomic E-state index is -0.696. The van der Waals surface area contributed by atoms with Crippen molar-refractivity contribution in [3.05, 3.63) is 83.6 Å². The molecule has 3 heterocycles. The summed E-state index contributed by atoms with van der Waals surface area (Å²) >= 11 is 0. The topological polar surface area (TPSA) is 122 Å². The Hall–Kier alpha value is -5.40. The Morgan fingerprint density at radius 1 is 0.827 bits per heavy atom. The number of hydrogen-bond acceptors (Lipinski definition) is 11. The second kappa shape index (κ2) is 16.3. The number of nitrogens with one attached hydrogen (secondary N) is 1. The predicted molar refractivity (Wildman–Crippen MR) is 200 cm³/mol. The number of carbonyl (C=O) groups is 2. The molecule has 0 bridgehead atoms. The number of nitrogens with zero attached hydrogens (tertiary/aromatic N) is 6. The maximum Gasteiger partial charge on any atom is 0.425 e. The SMILES string of the molecule is COc1ccc(N(C(=O)Oc2c(C)cccc2C)c2ccnc(Nc3ccc(C(=O)N4CCC(N5CCN(C)CC5)CC4)cc3OC)n2)c(OC)c1. The molecule has 4 aromatic rings. The fourth-order valence-corrected chi connectivity index (χ4v) is 6.76. The van der Waals surface area contributed by atoms with Crippen LogP contribution in [0, 0.1) is 13.8 Å². The van der Waals surface area contributed by atoms with Crippen molar-refractivity contribution in [1.29, 1.82) is 0 Å². The predicted octanol–water partition coefficient (Wildman–Crippen LogP) is 6.05. The highest BCUT2D eigenvalue weighted by Crippen LogP contribution is 2.38. The van der Waals surface area contributed by atoms with Crippen LogP contribution in [0.2, 0.25) is 0 Å². The Kier molecular flexibility index (Phi) is 11.4. The monoisotopic (exact) mass is 709 g/mol. The number of aryl methyl sites for hydroxylation is 2. The van der Waals surface area contributed by atoms with E-state index < -0.39 is 6.09 Å². The summed E-state index contributed by atoms with van der Waals surface area (Å²) in [5.41, 5.74) is 3.10. The van der Waals surface area contributed by atoms with Gasteiger partial charge in [0.1, 0.15) is 28.8 Å². The van der Waals surface area contributed by atoms with Gasteiger partial charge in [0.2, 0.25) is 5.95 Å². The molecule has 1 N–H and O–H groups in total. The number of benzene rings is 3. The normalized spacial score (nSPS) is 15.5. The molecule has 13 heteroatoms. The average molecular weight is 710 g/mol. The van der Waals surface area contributed by atoms with Gasteiger partial charge in [0.25, 0.3) is 5.91 Å². The molecule has 6 rings (SSSR count). The number of aromatic nitrogens is 2. The van der Waals surface area contributed by atoms with Crippen LogP contribution in [0.5, 0.6) is 23.0 Å². The van der Waals surface area contributed by atoms with E-state index in [0.717, 1.165) is 63.2 Å². The largest absolute Gasteiger partial charge is 0.497 e. The third kappa shape index (κ3) is 8.05. The molecule has 0 radical (unpaired) electrons. The molecule has 2 aliphatic rings. The Morgan fingerprint density at radius 2 is 1.54 bits per heavy atom. The molecular formula is C39H47N7O6. The highest BCUT2D eigenvalue weighted by atomic mass is 16.6. The Balaban J connectivity index is 1.22. The summed E-state index contributed by atoms with van der Waals surface area (Å²) in [6.07, 6.45) is 2.78. The van der Waals surface area contributed by atoms with Gasteiger partial charge in [-0.05, 0) is 75.2 Å². The lowest BCUT2D eigenvalue weighted by molar-refractivity contribution is 0.0518. The smallest absolute Gasteiger partial charge is 0.425 e. The van der Waals surface area contributed by atoms with Crippen molar-refractivity contribution in [3.63, 3.8) is 0 Å². The van der Waals surface area contributed by atoms with Crippen molar-refractivity contribution >= 4 is 35.1 Å². The van der Waals surface area contributed by atoms with Crippen LogP contribution >= 0.6 is 0 Å². The van der Waals surface area contributed by atoms with Crippen LogP contribution in [0.3, 0.4) is 0 Å². The number of methoxy groups -OCH3 is 3. The zero-order valence-electron chi connectivity index (χ0n) is 30.7. The first-order valence-corrected chi connectivity index (χ1v) is 17.5. The van der Waals surface area contributed by atoms with E-state index in [1.807, 2.05) is 36.9 Å². The molecule has 52 heavy (non-hydrogen) atoms. The van der Waals surface area contributed by atoms with Crippen LogP contribution < -0.4 is 29.2 Å². The molecule has 1 aromatic heterocycles. The third-order valence-electron chi connectivity index (χ3n) is 9.78. The van der Waals surface area contributed by atoms with E-state index in [1.54, 1.807) is 56.7 Å². The molecule has 274 valence electrons. The van der Waals surface area contributed by atoms with E-state index in [-0.39, 0.29) is 17.7 Å². The fourth-order valence-electron chi connectivity index (χ4n) is 6.76. The molecule has 0 spiro atoms.